The van der Waals surface area contributed by atoms with Gasteiger partial charge in [-0.15, -0.1) is 0 Å². The van der Waals surface area contributed by atoms with E-state index in [-0.39, 0.29) is 0 Å². The number of hydrogen-bond donors (Lipinski definition) is 1. The minimum Gasteiger partial charge on any atom is -0.346 e. The van der Waals surface area contributed by atoms with Gasteiger partial charge >= 0.3 is 0 Å². The molecule has 0 radical (unpaired) electrons. The highest BCUT2D eigenvalue weighted by Crippen LogP contribution is 2.20. The monoisotopic (exact) mass is 519 g/mol. The Labute approximate surface area is 222 Å². The summed E-state index contributed by atoms with van der Waals surface area (Å²) in [7, 11) is 0. The van der Waals surface area contributed by atoms with Crippen LogP contribution in [0.5, 0.6) is 0 Å². The number of piperazine rings is 1. The maximum atomic E-state index is 5.98. The van der Waals surface area contributed by atoms with Gasteiger partial charge in [-0.25, -0.2) is 4.68 Å². The summed E-state index contributed by atoms with van der Waals surface area (Å²) in [4.78, 5) is 4.70. The summed E-state index contributed by atoms with van der Waals surface area (Å²) in [5, 5.41) is 14.2. The van der Waals surface area contributed by atoms with Gasteiger partial charge in [0.2, 0.25) is 0 Å². The van der Waals surface area contributed by atoms with E-state index in [9.17, 15) is 0 Å². The molecule has 1 aliphatic heterocycles. The molecule has 2 aromatic carbocycles. The van der Waals surface area contributed by atoms with Gasteiger partial charge in [-0.2, -0.15) is 10.2 Å². The molecule has 1 fully saturated rings. The van der Waals surface area contributed by atoms with Crippen molar-refractivity contribution in [1.29, 1.82) is 0 Å². The second kappa shape index (κ2) is 10.8. The summed E-state index contributed by atoms with van der Waals surface area (Å²) in [6, 6.07) is 20.1. The lowest BCUT2D eigenvalue weighted by atomic mass is 10.1. The number of aromatic nitrogens is 4. The lowest BCUT2D eigenvalue weighted by Gasteiger charge is -2.36. The molecule has 0 aliphatic carbocycles. The van der Waals surface area contributed by atoms with Crippen LogP contribution in [0.3, 0.4) is 0 Å². The van der Waals surface area contributed by atoms with E-state index >= 15 is 0 Å². The number of thiocarbonyl (C=S) groups is 1. The highest BCUT2D eigenvalue weighted by molar-refractivity contribution is 7.80. The fourth-order valence-electron chi connectivity index (χ4n) is 4.54. The Morgan fingerprint density at radius 2 is 1.64 bits per heavy atom. The van der Waals surface area contributed by atoms with Crippen LogP contribution < -0.4 is 5.32 Å². The van der Waals surface area contributed by atoms with Crippen molar-refractivity contribution < 1.29 is 0 Å². The van der Waals surface area contributed by atoms with Crippen LogP contribution in [0.15, 0.2) is 66.9 Å². The second-order valence-electron chi connectivity index (χ2n) is 9.12. The van der Waals surface area contributed by atoms with Gasteiger partial charge in [-0.05, 0) is 55.9 Å². The summed E-state index contributed by atoms with van der Waals surface area (Å²) in [5.74, 6) is 0.760. The van der Waals surface area contributed by atoms with Crippen LogP contribution in [0.4, 0.5) is 5.82 Å². The Morgan fingerprint density at radius 3 is 2.36 bits per heavy atom. The molecule has 0 atom stereocenters. The van der Waals surface area contributed by atoms with Crippen molar-refractivity contribution in [2.45, 2.75) is 26.9 Å². The fraction of sp³-hybridized carbons (Fsp3) is 0.296. The highest BCUT2D eigenvalue weighted by Gasteiger charge is 2.22. The maximum absolute atomic E-state index is 5.98. The van der Waals surface area contributed by atoms with Gasteiger partial charge in [0.25, 0.3) is 0 Å². The summed E-state index contributed by atoms with van der Waals surface area (Å²) in [6.07, 6.45) is 1.96. The van der Waals surface area contributed by atoms with Crippen molar-refractivity contribution in [1.82, 2.24) is 29.4 Å². The van der Waals surface area contributed by atoms with Crippen molar-refractivity contribution in [3.8, 4) is 5.69 Å². The topological polar surface area (TPSA) is 54.2 Å². The Morgan fingerprint density at radius 1 is 0.917 bits per heavy atom. The van der Waals surface area contributed by atoms with Gasteiger partial charge in [0.1, 0.15) is 0 Å². The molecule has 36 heavy (non-hydrogen) atoms. The Bertz CT molecular complexity index is 1320. The van der Waals surface area contributed by atoms with E-state index in [4.69, 9.17) is 28.9 Å². The zero-order valence-corrected chi connectivity index (χ0v) is 22.1. The van der Waals surface area contributed by atoms with Crippen molar-refractivity contribution in [2.75, 3.05) is 31.5 Å². The van der Waals surface area contributed by atoms with Crippen LogP contribution >= 0.6 is 23.8 Å². The Kier molecular flexibility index (Phi) is 7.36. The van der Waals surface area contributed by atoms with Crippen molar-refractivity contribution >= 4 is 34.7 Å². The predicted molar refractivity (Wildman–Crippen MR) is 149 cm³/mol. The van der Waals surface area contributed by atoms with Gasteiger partial charge < -0.3 is 10.2 Å². The quantitative estimate of drug-likeness (QED) is 0.366. The minimum atomic E-state index is 0.684. The van der Waals surface area contributed by atoms with E-state index in [1.807, 2.05) is 64.1 Å². The zero-order chi connectivity index (χ0) is 25.1. The van der Waals surface area contributed by atoms with Crippen molar-refractivity contribution in [3.05, 3.63) is 94.4 Å². The van der Waals surface area contributed by atoms with Crippen LogP contribution in [-0.2, 0) is 13.1 Å². The normalized spacial score (nSPS) is 14.2. The minimum absolute atomic E-state index is 0.684. The first-order chi connectivity index (χ1) is 17.5. The molecule has 2 aromatic heterocycles. The lowest BCUT2D eigenvalue weighted by molar-refractivity contribution is 0.176. The number of aryl methyl sites for hydroxylation is 1. The summed E-state index contributed by atoms with van der Waals surface area (Å²) in [5.41, 5.74) is 5.84. The number of nitrogens with one attached hydrogen (secondary N) is 1. The Hall–Kier alpha value is -3.20. The smallest absolute Gasteiger partial charge is 0.174 e. The van der Waals surface area contributed by atoms with Crippen LogP contribution in [-0.4, -0.2) is 60.7 Å². The van der Waals surface area contributed by atoms with Crippen LogP contribution in [0.25, 0.3) is 5.69 Å². The van der Waals surface area contributed by atoms with Crippen molar-refractivity contribution in [3.63, 3.8) is 0 Å². The van der Waals surface area contributed by atoms with E-state index in [1.54, 1.807) is 0 Å². The number of nitrogens with zero attached hydrogens (tertiary/aromatic N) is 6. The van der Waals surface area contributed by atoms with Gasteiger partial charge in [0, 0.05) is 61.3 Å². The fourth-order valence-corrected chi connectivity index (χ4v) is 4.95. The SMILES string of the molecule is Cc1nn(-c2ccccc2)c(C)c1CN1CCN(C(=S)Nc2ccn(Cc3ccc(Cl)cc3)n2)CC1. The van der Waals surface area contributed by atoms with E-state index in [1.165, 1.54) is 11.3 Å². The number of benzene rings is 2. The third-order valence-corrected chi connectivity index (χ3v) is 7.23. The third-order valence-electron chi connectivity index (χ3n) is 6.62. The van der Waals surface area contributed by atoms with Crippen molar-refractivity contribution in [2.24, 2.45) is 0 Å². The molecule has 0 spiro atoms. The molecule has 1 N–H and O–H groups in total. The standard InChI is InChI=1S/C27H30ClN7S/c1-20-25(21(2)35(30-20)24-6-4-3-5-7-24)19-32-14-16-33(17-15-32)27(36)29-26-12-13-34(31-26)18-22-8-10-23(28)11-9-22/h3-13H,14-19H2,1-2H3,(H,29,31,36). The summed E-state index contributed by atoms with van der Waals surface area (Å²) in [6.45, 7) is 9.49. The molecule has 9 heteroatoms. The summed E-state index contributed by atoms with van der Waals surface area (Å²) >= 11 is 11.7. The molecular formula is C27H30ClN7S. The van der Waals surface area contributed by atoms with Crippen LogP contribution in [0, 0.1) is 13.8 Å². The van der Waals surface area contributed by atoms with E-state index in [2.05, 4.69) is 46.2 Å². The number of rotatable bonds is 6. The molecule has 0 amide bonds. The highest BCUT2D eigenvalue weighted by atomic mass is 35.5. The van der Waals surface area contributed by atoms with Gasteiger partial charge in [0.15, 0.2) is 10.9 Å². The van der Waals surface area contributed by atoms with Gasteiger partial charge in [-0.3, -0.25) is 9.58 Å². The summed E-state index contributed by atoms with van der Waals surface area (Å²) < 4.78 is 3.94. The lowest BCUT2D eigenvalue weighted by Crippen LogP contribution is -2.49. The molecule has 1 aliphatic rings. The third kappa shape index (κ3) is 5.61. The average molecular weight is 520 g/mol. The van der Waals surface area contributed by atoms with Crippen LogP contribution in [0.1, 0.15) is 22.5 Å². The molecule has 7 nitrogen and oxygen atoms in total. The van der Waals surface area contributed by atoms with E-state index in [0.29, 0.717) is 6.54 Å². The molecule has 3 heterocycles. The molecule has 186 valence electrons. The molecular weight excluding hydrogens is 490 g/mol. The number of anilines is 1. The largest absolute Gasteiger partial charge is 0.346 e. The maximum Gasteiger partial charge on any atom is 0.174 e. The zero-order valence-electron chi connectivity index (χ0n) is 20.6. The molecule has 5 rings (SSSR count). The first-order valence-corrected chi connectivity index (χ1v) is 12.9. The molecule has 0 saturated carbocycles. The molecule has 0 bridgehead atoms. The molecule has 1 saturated heterocycles. The first kappa shape index (κ1) is 24.5. The van der Waals surface area contributed by atoms with E-state index < -0.39 is 0 Å². The number of para-hydroxylation sites is 1. The molecule has 0 unspecified atom stereocenters. The molecule has 4 aromatic rings. The van der Waals surface area contributed by atoms with Crippen LogP contribution in [0.2, 0.25) is 5.02 Å². The second-order valence-corrected chi connectivity index (χ2v) is 9.94. The number of hydrogen-bond acceptors (Lipinski definition) is 4. The average Bonchev–Trinajstić information content (AvgIpc) is 3.45. The van der Waals surface area contributed by atoms with Gasteiger partial charge in [0.05, 0.1) is 17.9 Å². The Balaban J connectivity index is 1.14. The predicted octanol–water partition coefficient (Wildman–Crippen LogP) is 4.90. The van der Waals surface area contributed by atoms with Gasteiger partial charge in [-0.1, -0.05) is 41.9 Å². The van der Waals surface area contributed by atoms with E-state index in [0.717, 1.165) is 65.6 Å². The first-order valence-electron chi connectivity index (χ1n) is 12.1. The number of halogens is 1.